The van der Waals surface area contributed by atoms with Gasteiger partial charge in [-0.05, 0) is 32.8 Å². The average molecular weight is 334 g/mol. The maximum Gasteiger partial charge on any atom is 0.407 e. The quantitative estimate of drug-likeness (QED) is 0.856. The Bertz CT molecular complexity index is 568. The molecule has 1 heterocycles. The molecule has 24 heavy (non-hydrogen) atoms. The molecular formula is C18H26N2O4. The van der Waals surface area contributed by atoms with Crippen LogP contribution in [0, 0.1) is 0 Å². The first-order valence-electron chi connectivity index (χ1n) is 8.14. The molecule has 1 N–H and O–H groups in total. The van der Waals surface area contributed by atoms with Gasteiger partial charge in [0.1, 0.15) is 11.6 Å². The van der Waals surface area contributed by atoms with Crippen molar-refractivity contribution in [2.45, 2.75) is 51.4 Å². The van der Waals surface area contributed by atoms with E-state index in [1.165, 1.54) is 7.11 Å². The SMILES string of the molecule is COC(=O)[C@@H]1C[C@H](NC(=O)OC(C)(C)C)CN1Cc1ccccc1. The van der Waals surface area contributed by atoms with E-state index in [0.717, 1.165) is 5.56 Å². The Hall–Kier alpha value is -2.08. The fraction of sp³-hybridized carbons (Fsp3) is 0.556. The Morgan fingerprint density at radius 1 is 1.25 bits per heavy atom. The number of carbonyl (C=O) groups is 2. The first-order chi connectivity index (χ1) is 11.3. The van der Waals surface area contributed by atoms with Gasteiger partial charge < -0.3 is 14.8 Å². The molecule has 0 radical (unpaired) electrons. The highest BCUT2D eigenvalue weighted by molar-refractivity contribution is 5.76. The molecule has 0 aromatic heterocycles. The monoisotopic (exact) mass is 334 g/mol. The zero-order valence-electron chi connectivity index (χ0n) is 14.7. The van der Waals surface area contributed by atoms with Gasteiger partial charge in [0.15, 0.2) is 0 Å². The lowest BCUT2D eigenvalue weighted by Crippen LogP contribution is -2.40. The van der Waals surface area contributed by atoms with E-state index in [2.05, 4.69) is 5.32 Å². The molecule has 0 spiro atoms. The van der Waals surface area contributed by atoms with Crippen LogP contribution in [0.15, 0.2) is 30.3 Å². The molecule has 1 amide bonds. The molecule has 0 unspecified atom stereocenters. The van der Waals surface area contributed by atoms with Crippen LogP contribution in [-0.4, -0.2) is 48.3 Å². The molecule has 132 valence electrons. The summed E-state index contributed by atoms with van der Waals surface area (Å²) >= 11 is 0. The Balaban J connectivity index is 2.01. The van der Waals surface area contributed by atoms with Crippen molar-refractivity contribution in [3.63, 3.8) is 0 Å². The Morgan fingerprint density at radius 3 is 2.50 bits per heavy atom. The van der Waals surface area contributed by atoms with Crippen LogP contribution in [0.2, 0.25) is 0 Å². The summed E-state index contributed by atoms with van der Waals surface area (Å²) in [6, 6.07) is 9.41. The van der Waals surface area contributed by atoms with E-state index in [4.69, 9.17) is 9.47 Å². The van der Waals surface area contributed by atoms with Gasteiger partial charge in [0.25, 0.3) is 0 Å². The van der Waals surface area contributed by atoms with E-state index >= 15 is 0 Å². The summed E-state index contributed by atoms with van der Waals surface area (Å²) in [5.41, 5.74) is 0.568. The van der Waals surface area contributed by atoms with Crippen molar-refractivity contribution in [1.29, 1.82) is 0 Å². The van der Waals surface area contributed by atoms with Gasteiger partial charge in [-0.2, -0.15) is 0 Å². The third kappa shape index (κ3) is 5.23. The first-order valence-corrected chi connectivity index (χ1v) is 8.14. The number of hydrogen-bond acceptors (Lipinski definition) is 5. The van der Waals surface area contributed by atoms with Gasteiger partial charge in [0, 0.05) is 19.1 Å². The standard InChI is InChI=1S/C18H26N2O4/c1-18(2,3)24-17(22)19-14-10-15(16(21)23-4)20(12-14)11-13-8-6-5-7-9-13/h5-9,14-15H,10-12H2,1-4H3,(H,19,22)/t14-,15-/m0/s1. The van der Waals surface area contributed by atoms with Gasteiger partial charge in [0.05, 0.1) is 7.11 Å². The molecule has 6 heteroatoms. The second kappa shape index (κ2) is 7.66. The van der Waals surface area contributed by atoms with E-state index < -0.39 is 11.7 Å². The third-order valence-corrected chi connectivity index (χ3v) is 3.83. The van der Waals surface area contributed by atoms with Crippen LogP contribution in [0.3, 0.4) is 0 Å². The Morgan fingerprint density at radius 2 is 1.92 bits per heavy atom. The van der Waals surface area contributed by atoms with Crippen LogP contribution in [-0.2, 0) is 20.8 Å². The van der Waals surface area contributed by atoms with Crippen LogP contribution in [0.25, 0.3) is 0 Å². The van der Waals surface area contributed by atoms with Crippen LogP contribution < -0.4 is 5.32 Å². The summed E-state index contributed by atoms with van der Waals surface area (Å²) in [7, 11) is 1.39. The predicted molar refractivity (Wildman–Crippen MR) is 90.4 cm³/mol. The number of carbonyl (C=O) groups excluding carboxylic acids is 2. The third-order valence-electron chi connectivity index (χ3n) is 3.83. The normalized spacial score (nSPS) is 21.3. The molecule has 2 atom stereocenters. The first kappa shape index (κ1) is 18.3. The van der Waals surface area contributed by atoms with Crippen molar-refractivity contribution in [3.05, 3.63) is 35.9 Å². The van der Waals surface area contributed by atoms with Crippen molar-refractivity contribution in [1.82, 2.24) is 10.2 Å². The van der Waals surface area contributed by atoms with Crippen molar-refractivity contribution in [2.24, 2.45) is 0 Å². The average Bonchev–Trinajstić information content (AvgIpc) is 2.87. The maximum absolute atomic E-state index is 12.1. The van der Waals surface area contributed by atoms with E-state index in [0.29, 0.717) is 19.5 Å². The highest BCUT2D eigenvalue weighted by Crippen LogP contribution is 2.22. The van der Waals surface area contributed by atoms with E-state index in [9.17, 15) is 9.59 Å². The largest absolute Gasteiger partial charge is 0.468 e. The van der Waals surface area contributed by atoms with Crippen molar-refractivity contribution in [2.75, 3.05) is 13.7 Å². The number of nitrogens with one attached hydrogen (secondary N) is 1. The lowest BCUT2D eigenvalue weighted by Gasteiger charge is -2.22. The lowest BCUT2D eigenvalue weighted by atomic mass is 10.1. The van der Waals surface area contributed by atoms with Gasteiger partial charge in [-0.1, -0.05) is 30.3 Å². The molecule has 1 aliphatic heterocycles. The summed E-state index contributed by atoms with van der Waals surface area (Å²) < 4.78 is 10.2. The second-order valence-electron chi connectivity index (χ2n) is 7.03. The van der Waals surface area contributed by atoms with Crippen molar-refractivity contribution < 1.29 is 19.1 Å². The zero-order valence-corrected chi connectivity index (χ0v) is 14.7. The molecule has 0 saturated carbocycles. The number of benzene rings is 1. The van der Waals surface area contributed by atoms with Crippen molar-refractivity contribution >= 4 is 12.1 Å². The second-order valence-corrected chi connectivity index (χ2v) is 7.03. The molecule has 0 aliphatic carbocycles. The van der Waals surface area contributed by atoms with E-state index in [1.54, 1.807) is 0 Å². The number of amides is 1. The summed E-state index contributed by atoms with van der Waals surface area (Å²) in [5.74, 6) is -0.278. The smallest absolute Gasteiger partial charge is 0.407 e. The Kier molecular flexibility index (Phi) is 5.83. The fourth-order valence-electron chi connectivity index (χ4n) is 2.86. The maximum atomic E-state index is 12.1. The predicted octanol–water partition coefficient (Wildman–Crippen LogP) is 2.33. The minimum atomic E-state index is -0.547. The molecule has 1 aromatic carbocycles. The highest BCUT2D eigenvalue weighted by atomic mass is 16.6. The van der Waals surface area contributed by atoms with Gasteiger partial charge in [-0.3, -0.25) is 9.69 Å². The number of ether oxygens (including phenoxy) is 2. The summed E-state index contributed by atoms with van der Waals surface area (Å²) in [4.78, 5) is 26.1. The zero-order chi connectivity index (χ0) is 17.7. The number of methoxy groups -OCH3 is 1. The molecule has 1 fully saturated rings. The number of nitrogens with zero attached hydrogens (tertiary/aromatic N) is 1. The number of likely N-dealkylation sites (tertiary alicyclic amines) is 1. The minimum absolute atomic E-state index is 0.146. The summed E-state index contributed by atoms with van der Waals surface area (Å²) in [6.45, 7) is 6.67. The minimum Gasteiger partial charge on any atom is -0.468 e. The highest BCUT2D eigenvalue weighted by Gasteiger charge is 2.38. The van der Waals surface area contributed by atoms with Gasteiger partial charge in [-0.25, -0.2) is 4.79 Å². The van der Waals surface area contributed by atoms with Gasteiger partial charge >= 0.3 is 12.1 Å². The number of hydrogen-bond donors (Lipinski definition) is 1. The number of alkyl carbamates (subject to hydrolysis) is 1. The molecule has 6 nitrogen and oxygen atoms in total. The number of esters is 1. The molecular weight excluding hydrogens is 308 g/mol. The van der Waals surface area contributed by atoms with Crippen LogP contribution >= 0.6 is 0 Å². The lowest BCUT2D eigenvalue weighted by molar-refractivity contribution is -0.146. The molecule has 1 aliphatic rings. The molecule has 0 bridgehead atoms. The Labute approximate surface area is 143 Å². The number of rotatable bonds is 4. The molecule has 1 aromatic rings. The summed E-state index contributed by atoms with van der Waals surface area (Å²) in [5, 5.41) is 2.85. The van der Waals surface area contributed by atoms with Crippen molar-refractivity contribution in [3.8, 4) is 0 Å². The molecule has 2 rings (SSSR count). The van der Waals surface area contributed by atoms with E-state index in [-0.39, 0.29) is 18.1 Å². The molecule has 1 saturated heterocycles. The van der Waals surface area contributed by atoms with Crippen LogP contribution in [0.4, 0.5) is 4.79 Å². The van der Waals surface area contributed by atoms with Gasteiger partial charge in [0.2, 0.25) is 0 Å². The van der Waals surface area contributed by atoms with Gasteiger partial charge in [-0.15, -0.1) is 0 Å². The van der Waals surface area contributed by atoms with Crippen LogP contribution in [0.1, 0.15) is 32.8 Å². The topological polar surface area (TPSA) is 67.9 Å². The van der Waals surface area contributed by atoms with Crippen LogP contribution in [0.5, 0.6) is 0 Å². The van der Waals surface area contributed by atoms with E-state index in [1.807, 2.05) is 56.0 Å². The summed E-state index contributed by atoms with van der Waals surface area (Å²) in [6.07, 6.45) is 0.0522. The fourth-order valence-corrected chi connectivity index (χ4v) is 2.86.